The van der Waals surface area contributed by atoms with E-state index in [1.54, 1.807) is 18.2 Å². The first-order chi connectivity index (χ1) is 15.9. The van der Waals surface area contributed by atoms with Crippen LogP contribution in [0.5, 0.6) is 0 Å². The van der Waals surface area contributed by atoms with Gasteiger partial charge >= 0.3 is 0 Å². The molecule has 2 aromatic carbocycles. The van der Waals surface area contributed by atoms with Crippen LogP contribution in [-0.4, -0.2) is 35.0 Å². The van der Waals surface area contributed by atoms with Crippen molar-refractivity contribution >= 4 is 46.2 Å². The monoisotopic (exact) mass is 464 g/mol. The van der Waals surface area contributed by atoms with E-state index in [9.17, 15) is 19.7 Å². The van der Waals surface area contributed by atoms with Gasteiger partial charge in [-0.3, -0.25) is 19.7 Å². The zero-order chi connectivity index (χ0) is 23.4. The zero-order valence-corrected chi connectivity index (χ0v) is 19.0. The standard InChI is InChI=1S/C24H24N4O4S/c1-16(29)25-24-26-23(30)22(33-24)15-19-7-8-20(21(14-19)28(31)32)27-11-9-18(10-12-27)13-17-5-3-2-4-6-17/h2-8,14-15,18H,9-13H2,1H3,(H,25,26,29,30)/b22-15+. The van der Waals surface area contributed by atoms with Crippen molar-refractivity contribution in [2.24, 2.45) is 10.9 Å². The number of anilines is 1. The van der Waals surface area contributed by atoms with E-state index in [1.807, 2.05) is 6.07 Å². The van der Waals surface area contributed by atoms with Crippen molar-refractivity contribution in [3.05, 3.63) is 74.7 Å². The molecule has 2 aromatic rings. The SMILES string of the molecule is CC(=O)NC1=NC(=O)/C(=C\c2ccc(N3CCC(Cc4ccccc4)CC3)c([N+](=O)[O-])c2)S1. The van der Waals surface area contributed by atoms with Crippen molar-refractivity contribution in [3.8, 4) is 0 Å². The van der Waals surface area contributed by atoms with Gasteiger partial charge < -0.3 is 10.2 Å². The van der Waals surface area contributed by atoms with E-state index >= 15 is 0 Å². The van der Waals surface area contributed by atoms with E-state index in [-0.39, 0.29) is 21.7 Å². The Morgan fingerprint density at radius 2 is 1.97 bits per heavy atom. The number of piperidine rings is 1. The quantitative estimate of drug-likeness (QED) is 0.405. The van der Waals surface area contributed by atoms with Crippen LogP contribution in [0.15, 0.2) is 58.4 Å². The summed E-state index contributed by atoms with van der Waals surface area (Å²) in [5.74, 6) is -0.228. The number of hydrogen-bond donors (Lipinski definition) is 1. The van der Waals surface area contributed by atoms with Gasteiger partial charge in [0.2, 0.25) is 5.91 Å². The van der Waals surface area contributed by atoms with Gasteiger partial charge in [-0.25, -0.2) is 0 Å². The van der Waals surface area contributed by atoms with E-state index < -0.39 is 5.91 Å². The minimum Gasteiger partial charge on any atom is -0.366 e. The number of thioether (sulfide) groups is 1. The predicted molar refractivity (Wildman–Crippen MR) is 130 cm³/mol. The van der Waals surface area contributed by atoms with Crippen LogP contribution in [-0.2, 0) is 16.0 Å². The van der Waals surface area contributed by atoms with E-state index in [4.69, 9.17) is 0 Å². The third-order valence-corrected chi connectivity index (χ3v) is 6.62. The maximum Gasteiger partial charge on any atom is 0.293 e. The normalized spacial score (nSPS) is 17.8. The average molecular weight is 465 g/mol. The zero-order valence-electron chi connectivity index (χ0n) is 18.2. The number of nitrogens with zero attached hydrogens (tertiary/aromatic N) is 3. The molecule has 170 valence electrons. The van der Waals surface area contributed by atoms with Crippen LogP contribution >= 0.6 is 11.8 Å². The van der Waals surface area contributed by atoms with Crippen molar-refractivity contribution in [3.63, 3.8) is 0 Å². The summed E-state index contributed by atoms with van der Waals surface area (Å²) in [7, 11) is 0. The molecule has 0 aromatic heterocycles. The smallest absolute Gasteiger partial charge is 0.293 e. The molecular formula is C24H24N4O4S. The number of rotatable bonds is 5. The largest absolute Gasteiger partial charge is 0.366 e. The van der Waals surface area contributed by atoms with Gasteiger partial charge in [-0.05, 0) is 60.2 Å². The summed E-state index contributed by atoms with van der Waals surface area (Å²) in [6.45, 7) is 2.86. The molecule has 0 saturated carbocycles. The van der Waals surface area contributed by atoms with Gasteiger partial charge in [0.1, 0.15) is 5.69 Å². The van der Waals surface area contributed by atoms with Crippen molar-refractivity contribution in [2.75, 3.05) is 18.0 Å². The molecule has 1 N–H and O–H groups in total. The average Bonchev–Trinajstić information content (AvgIpc) is 3.12. The van der Waals surface area contributed by atoms with Crippen LogP contribution in [0.1, 0.15) is 30.9 Å². The summed E-state index contributed by atoms with van der Waals surface area (Å²) in [4.78, 5) is 40.9. The highest BCUT2D eigenvalue weighted by atomic mass is 32.2. The van der Waals surface area contributed by atoms with E-state index in [2.05, 4.69) is 39.5 Å². The molecule has 0 atom stereocenters. The molecule has 33 heavy (non-hydrogen) atoms. The van der Waals surface area contributed by atoms with Gasteiger partial charge in [-0.1, -0.05) is 36.4 Å². The minimum atomic E-state index is -0.476. The fraction of sp³-hybridized carbons (Fsp3) is 0.292. The molecule has 0 aliphatic carbocycles. The first-order valence-electron chi connectivity index (χ1n) is 10.8. The van der Waals surface area contributed by atoms with E-state index in [0.29, 0.717) is 22.1 Å². The second-order valence-electron chi connectivity index (χ2n) is 8.14. The van der Waals surface area contributed by atoms with Crippen LogP contribution in [0.2, 0.25) is 0 Å². The molecule has 1 saturated heterocycles. The highest BCUT2D eigenvalue weighted by Crippen LogP contribution is 2.35. The van der Waals surface area contributed by atoms with Crippen molar-refractivity contribution in [1.29, 1.82) is 0 Å². The Bertz CT molecular complexity index is 1140. The summed E-state index contributed by atoms with van der Waals surface area (Å²) in [5.41, 5.74) is 2.48. The van der Waals surface area contributed by atoms with Gasteiger partial charge in [0, 0.05) is 26.1 Å². The highest BCUT2D eigenvalue weighted by molar-refractivity contribution is 8.18. The molecular weight excluding hydrogens is 440 g/mol. The van der Waals surface area contributed by atoms with Gasteiger partial charge in [0.05, 0.1) is 9.83 Å². The Kier molecular flexibility index (Phi) is 6.88. The predicted octanol–water partition coefficient (Wildman–Crippen LogP) is 4.16. The van der Waals surface area contributed by atoms with Gasteiger partial charge in [-0.2, -0.15) is 4.99 Å². The number of nitrogens with one attached hydrogen (secondary N) is 1. The molecule has 2 amide bonds. The van der Waals surface area contributed by atoms with Crippen LogP contribution in [0.3, 0.4) is 0 Å². The van der Waals surface area contributed by atoms with Crippen molar-refractivity contribution in [1.82, 2.24) is 5.32 Å². The van der Waals surface area contributed by atoms with Crippen LogP contribution < -0.4 is 10.2 Å². The fourth-order valence-corrected chi connectivity index (χ4v) is 4.99. The molecule has 0 unspecified atom stereocenters. The third-order valence-electron chi connectivity index (χ3n) is 5.72. The fourth-order valence-electron chi connectivity index (χ4n) is 4.13. The minimum absolute atomic E-state index is 0.0179. The summed E-state index contributed by atoms with van der Waals surface area (Å²) < 4.78 is 0. The van der Waals surface area contributed by atoms with Gasteiger partial charge in [0.25, 0.3) is 11.6 Å². The molecule has 8 nitrogen and oxygen atoms in total. The molecule has 1 fully saturated rings. The van der Waals surface area contributed by atoms with Crippen molar-refractivity contribution < 1.29 is 14.5 Å². The summed E-state index contributed by atoms with van der Waals surface area (Å²) in [6.07, 6.45) is 4.55. The number of hydrogen-bond acceptors (Lipinski definition) is 6. The van der Waals surface area contributed by atoms with Crippen LogP contribution in [0, 0.1) is 16.0 Å². The number of nitro groups is 1. The maximum atomic E-state index is 12.1. The van der Waals surface area contributed by atoms with Crippen LogP contribution in [0.25, 0.3) is 6.08 Å². The Labute approximate surface area is 195 Å². The second kappa shape index (κ2) is 9.99. The molecule has 2 aliphatic rings. The Balaban J connectivity index is 1.46. The highest BCUT2D eigenvalue weighted by Gasteiger charge is 2.26. The number of aliphatic imine (C=N–C) groups is 1. The lowest BCUT2D eigenvalue weighted by Crippen LogP contribution is -2.34. The second-order valence-corrected chi connectivity index (χ2v) is 9.17. The van der Waals surface area contributed by atoms with Gasteiger partial charge in [-0.15, -0.1) is 0 Å². The number of amides is 2. The number of carbonyl (C=O) groups excluding carboxylic acids is 2. The molecule has 0 radical (unpaired) electrons. The molecule has 4 rings (SSSR count). The number of nitro benzene ring substituents is 1. The molecule has 0 bridgehead atoms. The Morgan fingerprint density at radius 1 is 1.24 bits per heavy atom. The topological polar surface area (TPSA) is 105 Å². The first-order valence-corrected chi connectivity index (χ1v) is 11.6. The summed E-state index contributed by atoms with van der Waals surface area (Å²) in [5, 5.41) is 14.5. The number of carbonyl (C=O) groups is 2. The van der Waals surface area contributed by atoms with Crippen LogP contribution in [0.4, 0.5) is 11.4 Å². The Morgan fingerprint density at radius 3 is 2.64 bits per heavy atom. The number of benzene rings is 2. The number of amidine groups is 1. The van der Waals surface area contributed by atoms with E-state index in [1.165, 1.54) is 18.6 Å². The third kappa shape index (κ3) is 5.67. The lowest BCUT2D eigenvalue weighted by atomic mass is 9.90. The molecule has 2 aliphatic heterocycles. The van der Waals surface area contributed by atoms with E-state index in [0.717, 1.165) is 44.1 Å². The first kappa shape index (κ1) is 22.7. The molecule has 9 heteroatoms. The lowest BCUT2D eigenvalue weighted by molar-refractivity contribution is -0.384. The summed E-state index contributed by atoms with van der Waals surface area (Å²) in [6, 6.07) is 15.4. The lowest BCUT2D eigenvalue weighted by Gasteiger charge is -2.33. The maximum absolute atomic E-state index is 12.1. The Hall–Kier alpha value is -3.46. The molecule has 2 heterocycles. The van der Waals surface area contributed by atoms with Gasteiger partial charge in [0.15, 0.2) is 5.17 Å². The summed E-state index contributed by atoms with van der Waals surface area (Å²) >= 11 is 1.04. The molecule has 0 spiro atoms. The van der Waals surface area contributed by atoms with Crippen molar-refractivity contribution in [2.45, 2.75) is 26.2 Å².